The third-order valence-corrected chi connectivity index (χ3v) is 5.83. The summed E-state index contributed by atoms with van der Waals surface area (Å²) in [4.78, 5) is 27.5. The van der Waals surface area contributed by atoms with E-state index in [0.29, 0.717) is 38.4 Å². The second-order valence-corrected chi connectivity index (χ2v) is 8.37. The Bertz CT molecular complexity index is 803. The van der Waals surface area contributed by atoms with Gasteiger partial charge in [0, 0.05) is 52.3 Å². The second kappa shape index (κ2) is 8.63. The number of hydrogen-bond donors (Lipinski definition) is 1. The highest BCUT2D eigenvalue weighted by molar-refractivity contribution is 7.89. The van der Waals surface area contributed by atoms with Gasteiger partial charge >= 0.3 is 0 Å². The predicted octanol–water partition coefficient (Wildman–Crippen LogP) is 0.103. The van der Waals surface area contributed by atoms with Gasteiger partial charge in [0.2, 0.25) is 15.9 Å². The van der Waals surface area contributed by atoms with E-state index in [0.717, 1.165) is 6.07 Å². The first-order chi connectivity index (χ1) is 12.6. The van der Waals surface area contributed by atoms with Crippen LogP contribution in [0.2, 0.25) is 0 Å². The van der Waals surface area contributed by atoms with Crippen molar-refractivity contribution in [3.05, 3.63) is 28.3 Å². The van der Waals surface area contributed by atoms with Gasteiger partial charge in [-0.2, -0.15) is 0 Å². The minimum Gasteiger partial charge on any atom is -0.362 e. The Labute approximate surface area is 158 Å². The van der Waals surface area contributed by atoms with E-state index in [1.54, 1.807) is 9.80 Å². The third kappa shape index (κ3) is 5.37. The molecule has 27 heavy (non-hydrogen) atoms. The lowest BCUT2D eigenvalue weighted by Gasteiger charge is -2.35. The van der Waals surface area contributed by atoms with Crippen molar-refractivity contribution >= 4 is 27.3 Å². The number of nitrogens with zero attached hydrogens (tertiary/aromatic N) is 4. The highest BCUT2D eigenvalue weighted by atomic mass is 32.2. The Balaban J connectivity index is 2.22. The number of anilines is 1. The first-order valence-corrected chi connectivity index (χ1v) is 10.0. The lowest BCUT2D eigenvalue weighted by Crippen LogP contribution is -2.48. The van der Waals surface area contributed by atoms with Crippen molar-refractivity contribution < 1.29 is 18.1 Å². The maximum absolute atomic E-state index is 12.4. The molecule has 1 saturated heterocycles. The Morgan fingerprint density at radius 1 is 1.26 bits per heavy atom. The smallest absolute Gasteiger partial charge is 0.293 e. The SMILES string of the molecule is CC(=O)N1CCN(c2ccc(S(=O)(=O)NCCN(C)C)cc2[N+](=O)[O-])CC1. The zero-order valence-corrected chi connectivity index (χ0v) is 16.5. The first-order valence-electron chi connectivity index (χ1n) is 8.55. The molecule has 1 heterocycles. The third-order valence-electron chi connectivity index (χ3n) is 4.37. The normalized spacial score (nSPS) is 15.3. The number of amides is 1. The highest BCUT2D eigenvalue weighted by Crippen LogP contribution is 2.31. The highest BCUT2D eigenvalue weighted by Gasteiger charge is 2.27. The minimum atomic E-state index is -3.83. The van der Waals surface area contributed by atoms with Crippen molar-refractivity contribution in [1.82, 2.24) is 14.5 Å². The van der Waals surface area contributed by atoms with E-state index in [1.807, 2.05) is 19.0 Å². The van der Waals surface area contributed by atoms with Crippen molar-refractivity contribution in [3.63, 3.8) is 0 Å². The summed E-state index contributed by atoms with van der Waals surface area (Å²) >= 11 is 0. The monoisotopic (exact) mass is 399 g/mol. The molecule has 10 nitrogen and oxygen atoms in total. The standard InChI is InChI=1S/C16H25N5O5S/c1-13(22)19-8-10-20(11-9-19)15-5-4-14(12-16(15)21(23)24)27(25,26)17-6-7-18(2)3/h4-5,12,17H,6-11H2,1-3H3. The summed E-state index contributed by atoms with van der Waals surface area (Å²) in [6.45, 7) is 4.05. The maximum atomic E-state index is 12.4. The molecular formula is C16H25N5O5S. The molecule has 0 radical (unpaired) electrons. The van der Waals surface area contributed by atoms with Gasteiger partial charge in [0.05, 0.1) is 9.82 Å². The van der Waals surface area contributed by atoms with Crippen LogP contribution in [-0.2, 0) is 14.8 Å². The summed E-state index contributed by atoms with van der Waals surface area (Å²) in [5.74, 6) is -0.0330. The van der Waals surface area contributed by atoms with Gasteiger partial charge in [-0.05, 0) is 26.2 Å². The summed E-state index contributed by atoms with van der Waals surface area (Å²) in [5.41, 5.74) is 0.0946. The van der Waals surface area contributed by atoms with Crippen molar-refractivity contribution in [2.45, 2.75) is 11.8 Å². The van der Waals surface area contributed by atoms with Crippen LogP contribution in [0.25, 0.3) is 0 Å². The fourth-order valence-electron chi connectivity index (χ4n) is 2.83. The van der Waals surface area contributed by atoms with E-state index in [-0.39, 0.29) is 23.0 Å². The van der Waals surface area contributed by atoms with Crippen molar-refractivity contribution in [3.8, 4) is 0 Å². The van der Waals surface area contributed by atoms with Gasteiger partial charge in [-0.3, -0.25) is 14.9 Å². The molecule has 0 aliphatic carbocycles. The molecule has 1 aromatic carbocycles. The number of carbonyl (C=O) groups excluding carboxylic acids is 1. The van der Waals surface area contributed by atoms with Crippen molar-refractivity contribution in [2.24, 2.45) is 0 Å². The molecule has 0 aromatic heterocycles. The van der Waals surface area contributed by atoms with Crippen LogP contribution in [0.15, 0.2) is 23.1 Å². The summed E-state index contributed by atoms with van der Waals surface area (Å²) < 4.78 is 27.2. The van der Waals surface area contributed by atoms with Crippen LogP contribution in [0.1, 0.15) is 6.92 Å². The minimum absolute atomic E-state index is 0.0330. The fraction of sp³-hybridized carbons (Fsp3) is 0.562. The predicted molar refractivity (Wildman–Crippen MR) is 101 cm³/mol. The van der Waals surface area contributed by atoms with Crippen LogP contribution in [-0.4, -0.2) is 82.4 Å². The zero-order valence-electron chi connectivity index (χ0n) is 15.7. The Morgan fingerprint density at radius 3 is 2.41 bits per heavy atom. The molecule has 1 aliphatic rings. The molecule has 2 rings (SSSR count). The van der Waals surface area contributed by atoms with Gasteiger partial charge in [0.1, 0.15) is 5.69 Å². The van der Waals surface area contributed by atoms with Crippen LogP contribution >= 0.6 is 0 Å². The summed E-state index contributed by atoms with van der Waals surface area (Å²) in [6.07, 6.45) is 0. The van der Waals surface area contributed by atoms with Gasteiger partial charge in [-0.25, -0.2) is 13.1 Å². The number of likely N-dealkylation sites (N-methyl/N-ethyl adjacent to an activating group) is 1. The molecule has 1 aliphatic heterocycles. The topological polar surface area (TPSA) is 116 Å². The molecular weight excluding hydrogens is 374 g/mol. The van der Waals surface area contributed by atoms with E-state index in [2.05, 4.69) is 4.72 Å². The van der Waals surface area contributed by atoms with Crippen molar-refractivity contribution in [2.75, 3.05) is 58.3 Å². The van der Waals surface area contributed by atoms with Crippen LogP contribution in [0, 0.1) is 10.1 Å². The maximum Gasteiger partial charge on any atom is 0.293 e. The Kier molecular flexibility index (Phi) is 6.73. The number of benzene rings is 1. The van der Waals surface area contributed by atoms with E-state index < -0.39 is 14.9 Å². The van der Waals surface area contributed by atoms with E-state index in [1.165, 1.54) is 19.1 Å². The lowest BCUT2D eigenvalue weighted by atomic mass is 10.2. The molecule has 1 N–H and O–H groups in total. The van der Waals surface area contributed by atoms with Gasteiger partial charge in [-0.1, -0.05) is 0 Å². The van der Waals surface area contributed by atoms with Gasteiger partial charge in [0.15, 0.2) is 0 Å². The lowest BCUT2D eigenvalue weighted by molar-refractivity contribution is -0.384. The van der Waals surface area contributed by atoms with Gasteiger partial charge < -0.3 is 14.7 Å². The molecule has 11 heteroatoms. The van der Waals surface area contributed by atoms with Crippen LogP contribution < -0.4 is 9.62 Å². The Morgan fingerprint density at radius 2 is 1.89 bits per heavy atom. The number of nitro groups is 1. The molecule has 150 valence electrons. The molecule has 1 aromatic rings. The van der Waals surface area contributed by atoms with Crippen LogP contribution in [0.3, 0.4) is 0 Å². The largest absolute Gasteiger partial charge is 0.362 e. The molecule has 1 fully saturated rings. The van der Waals surface area contributed by atoms with Crippen LogP contribution in [0.4, 0.5) is 11.4 Å². The van der Waals surface area contributed by atoms with E-state index >= 15 is 0 Å². The summed E-state index contributed by atoms with van der Waals surface area (Å²) in [6, 6.07) is 3.92. The molecule has 0 atom stereocenters. The van der Waals surface area contributed by atoms with E-state index in [9.17, 15) is 23.3 Å². The molecule has 0 spiro atoms. The molecule has 0 unspecified atom stereocenters. The van der Waals surface area contributed by atoms with Crippen LogP contribution in [0.5, 0.6) is 0 Å². The quantitative estimate of drug-likeness (QED) is 0.511. The number of rotatable bonds is 7. The number of hydrogen-bond acceptors (Lipinski definition) is 7. The zero-order chi connectivity index (χ0) is 20.2. The molecule has 0 saturated carbocycles. The summed E-state index contributed by atoms with van der Waals surface area (Å²) in [5, 5.41) is 11.5. The number of carbonyl (C=O) groups is 1. The number of sulfonamides is 1. The fourth-order valence-corrected chi connectivity index (χ4v) is 3.87. The van der Waals surface area contributed by atoms with Gasteiger partial charge in [-0.15, -0.1) is 0 Å². The average Bonchev–Trinajstić information content (AvgIpc) is 2.60. The first kappa shape index (κ1) is 21.1. The number of piperazine rings is 1. The average molecular weight is 399 g/mol. The number of nitrogens with one attached hydrogen (secondary N) is 1. The second-order valence-electron chi connectivity index (χ2n) is 6.60. The molecule has 0 bridgehead atoms. The molecule has 1 amide bonds. The van der Waals surface area contributed by atoms with Crippen molar-refractivity contribution in [1.29, 1.82) is 0 Å². The Hall–Kier alpha value is -2.24. The van der Waals surface area contributed by atoms with E-state index in [4.69, 9.17) is 0 Å². The van der Waals surface area contributed by atoms with Gasteiger partial charge in [0.25, 0.3) is 5.69 Å². The summed E-state index contributed by atoms with van der Waals surface area (Å²) in [7, 11) is -0.194. The number of nitro benzene ring substituents is 1.